The average Bonchev–Trinajstić information content (AvgIpc) is 3.37. The SMILES string of the molecule is O=c1c2ccccc2nc(C2CC2)n1Cc1c(F)cccc1Cl. The van der Waals surface area contributed by atoms with Gasteiger partial charge in [-0.1, -0.05) is 29.8 Å². The summed E-state index contributed by atoms with van der Waals surface area (Å²) < 4.78 is 15.7. The molecular formula is C18H14ClFN2O. The standard InChI is InChI=1S/C18H14ClFN2O/c19-14-5-3-6-15(20)13(14)10-22-17(11-8-9-11)21-16-7-2-1-4-12(16)18(22)23/h1-7,11H,8-10H2. The minimum absolute atomic E-state index is 0.105. The van der Waals surface area contributed by atoms with E-state index in [1.165, 1.54) is 6.07 Å². The Bertz CT molecular complexity index is 943. The molecule has 0 spiro atoms. The van der Waals surface area contributed by atoms with Crippen molar-refractivity contribution in [3.05, 3.63) is 75.0 Å². The van der Waals surface area contributed by atoms with Crippen molar-refractivity contribution in [2.45, 2.75) is 25.3 Å². The maximum Gasteiger partial charge on any atom is 0.261 e. The fourth-order valence-corrected chi connectivity index (χ4v) is 3.06. The quantitative estimate of drug-likeness (QED) is 0.725. The van der Waals surface area contributed by atoms with E-state index >= 15 is 0 Å². The van der Waals surface area contributed by atoms with E-state index in [1.54, 1.807) is 22.8 Å². The molecule has 0 unspecified atom stereocenters. The van der Waals surface area contributed by atoms with Crippen LogP contribution in [0.1, 0.15) is 30.1 Å². The van der Waals surface area contributed by atoms with Gasteiger partial charge in [-0.2, -0.15) is 0 Å². The maximum atomic E-state index is 14.1. The Morgan fingerprint density at radius 3 is 2.70 bits per heavy atom. The van der Waals surface area contributed by atoms with Gasteiger partial charge in [0, 0.05) is 16.5 Å². The molecule has 0 saturated heterocycles. The van der Waals surface area contributed by atoms with Crippen LogP contribution in [0.3, 0.4) is 0 Å². The summed E-state index contributed by atoms with van der Waals surface area (Å²) >= 11 is 6.12. The van der Waals surface area contributed by atoms with Crippen LogP contribution < -0.4 is 5.56 Å². The first kappa shape index (κ1) is 14.4. The number of halogens is 2. The van der Waals surface area contributed by atoms with E-state index in [1.807, 2.05) is 18.2 Å². The molecule has 1 fully saturated rings. The van der Waals surface area contributed by atoms with Crippen molar-refractivity contribution in [1.29, 1.82) is 0 Å². The van der Waals surface area contributed by atoms with Crippen molar-refractivity contribution in [2.75, 3.05) is 0 Å². The number of para-hydroxylation sites is 1. The predicted molar refractivity (Wildman–Crippen MR) is 88.5 cm³/mol. The predicted octanol–water partition coefficient (Wildman–Crippen LogP) is 4.11. The number of rotatable bonds is 3. The molecular weight excluding hydrogens is 315 g/mol. The number of nitrogens with zero attached hydrogens (tertiary/aromatic N) is 2. The van der Waals surface area contributed by atoms with Gasteiger partial charge in [-0.3, -0.25) is 9.36 Å². The van der Waals surface area contributed by atoms with Crippen LogP contribution in [0.15, 0.2) is 47.3 Å². The lowest BCUT2D eigenvalue weighted by molar-refractivity contribution is 0.587. The second-order valence-electron chi connectivity index (χ2n) is 5.85. The van der Waals surface area contributed by atoms with E-state index in [9.17, 15) is 9.18 Å². The lowest BCUT2D eigenvalue weighted by Gasteiger charge is -2.14. The number of fused-ring (bicyclic) bond motifs is 1. The monoisotopic (exact) mass is 328 g/mol. The van der Waals surface area contributed by atoms with Gasteiger partial charge < -0.3 is 0 Å². The summed E-state index contributed by atoms with van der Waals surface area (Å²) in [5, 5.41) is 0.871. The minimum Gasteiger partial charge on any atom is -0.291 e. The van der Waals surface area contributed by atoms with E-state index in [-0.39, 0.29) is 18.0 Å². The third-order valence-corrected chi connectivity index (χ3v) is 4.57. The van der Waals surface area contributed by atoms with Gasteiger partial charge in [-0.15, -0.1) is 0 Å². The van der Waals surface area contributed by atoms with Crippen LogP contribution in [0.2, 0.25) is 5.02 Å². The van der Waals surface area contributed by atoms with Gasteiger partial charge in [0.15, 0.2) is 0 Å². The van der Waals surface area contributed by atoms with Crippen molar-refractivity contribution < 1.29 is 4.39 Å². The highest BCUT2D eigenvalue weighted by Crippen LogP contribution is 2.39. The highest BCUT2D eigenvalue weighted by Gasteiger charge is 2.29. The summed E-state index contributed by atoms with van der Waals surface area (Å²) in [4.78, 5) is 17.5. The van der Waals surface area contributed by atoms with E-state index < -0.39 is 5.82 Å². The lowest BCUT2D eigenvalue weighted by atomic mass is 10.2. The van der Waals surface area contributed by atoms with Crippen LogP contribution in [0.5, 0.6) is 0 Å². The Kier molecular flexibility index (Phi) is 3.42. The summed E-state index contributed by atoms with van der Waals surface area (Å²) in [6.45, 7) is 0.105. The summed E-state index contributed by atoms with van der Waals surface area (Å²) in [7, 11) is 0. The Labute approximate surface area is 137 Å². The molecule has 0 N–H and O–H groups in total. The summed E-state index contributed by atoms with van der Waals surface area (Å²) in [6.07, 6.45) is 2.02. The first-order valence-corrected chi connectivity index (χ1v) is 7.95. The summed E-state index contributed by atoms with van der Waals surface area (Å²) in [5.41, 5.74) is 0.877. The van der Waals surface area contributed by atoms with E-state index in [4.69, 9.17) is 11.6 Å². The summed E-state index contributed by atoms with van der Waals surface area (Å²) in [5.74, 6) is 0.602. The second kappa shape index (κ2) is 5.46. The number of benzene rings is 2. The third-order valence-electron chi connectivity index (χ3n) is 4.21. The molecule has 0 radical (unpaired) electrons. The molecule has 0 amide bonds. The molecule has 0 bridgehead atoms. The van der Waals surface area contributed by atoms with E-state index in [0.717, 1.165) is 18.7 Å². The molecule has 2 aromatic carbocycles. The van der Waals surface area contributed by atoms with Gasteiger partial charge in [-0.25, -0.2) is 9.37 Å². The van der Waals surface area contributed by atoms with Gasteiger partial charge in [-0.05, 0) is 37.1 Å². The Hall–Kier alpha value is -2.20. The van der Waals surface area contributed by atoms with Crippen molar-refractivity contribution in [2.24, 2.45) is 0 Å². The normalized spacial score (nSPS) is 14.3. The molecule has 4 rings (SSSR count). The van der Waals surface area contributed by atoms with Crippen molar-refractivity contribution in [3.63, 3.8) is 0 Å². The molecule has 3 aromatic rings. The fraction of sp³-hybridized carbons (Fsp3) is 0.222. The van der Waals surface area contributed by atoms with E-state index in [2.05, 4.69) is 4.98 Å². The zero-order valence-corrected chi connectivity index (χ0v) is 13.1. The highest BCUT2D eigenvalue weighted by atomic mass is 35.5. The van der Waals surface area contributed by atoms with Crippen LogP contribution in [0.4, 0.5) is 4.39 Å². The second-order valence-corrected chi connectivity index (χ2v) is 6.26. The van der Waals surface area contributed by atoms with Gasteiger partial charge >= 0.3 is 0 Å². The minimum atomic E-state index is -0.403. The molecule has 1 aromatic heterocycles. The Morgan fingerprint density at radius 1 is 1.17 bits per heavy atom. The number of aromatic nitrogens is 2. The smallest absolute Gasteiger partial charge is 0.261 e. The molecule has 0 aliphatic heterocycles. The zero-order chi connectivity index (χ0) is 16.0. The number of hydrogen-bond acceptors (Lipinski definition) is 2. The van der Waals surface area contributed by atoms with E-state index in [0.29, 0.717) is 21.5 Å². The van der Waals surface area contributed by atoms with Crippen LogP contribution >= 0.6 is 11.6 Å². The van der Waals surface area contributed by atoms with Crippen molar-refractivity contribution >= 4 is 22.5 Å². The average molecular weight is 329 g/mol. The molecule has 1 aliphatic carbocycles. The Balaban J connectivity index is 1.93. The maximum absolute atomic E-state index is 14.1. The third kappa shape index (κ3) is 2.53. The fourth-order valence-electron chi connectivity index (χ4n) is 2.83. The molecule has 0 atom stereocenters. The van der Waals surface area contributed by atoms with Crippen LogP contribution in [-0.4, -0.2) is 9.55 Å². The highest BCUT2D eigenvalue weighted by molar-refractivity contribution is 6.31. The summed E-state index contributed by atoms with van der Waals surface area (Å²) in [6, 6.07) is 11.8. The van der Waals surface area contributed by atoms with Crippen LogP contribution in [0.25, 0.3) is 10.9 Å². The van der Waals surface area contributed by atoms with Gasteiger partial charge in [0.2, 0.25) is 0 Å². The first-order chi connectivity index (χ1) is 11.1. The molecule has 1 heterocycles. The molecule has 1 aliphatic rings. The molecule has 3 nitrogen and oxygen atoms in total. The van der Waals surface area contributed by atoms with Gasteiger partial charge in [0.05, 0.1) is 17.4 Å². The van der Waals surface area contributed by atoms with Gasteiger partial charge in [0.1, 0.15) is 11.6 Å². The van der Waals surface area contributed by atoms with Gasteiger partial charge in [0.25, 0.3) is 5.56 Å². The van der Waals surface area contributed by atoms with Crippen molar-refractivity contribution in [1.82, 2.24) is 9.55 Å². The van der Waals surface area contributed by atoms with Crippen LogP contribution in [0, 0.1) is 5.82 Å². The number of hydrogen-bond donors (Lipinski definition) is 0. The Morgan fingerprint density at radius 2 is 1.96 bits per heavy atom. The first-order valence-electron chi connectivity index (χ1n) is 7.57. The molecule has 1 saturated carbocycles. The largest absolute Gasteiger partial charge is 0.291 e. The lowest BCUT2D eigenvalue weighted by Crippen LogP contribution is -2.26. The zero-order valence-electron chi connectivity index (χ0n) is 12.3. The molecule has 116 valence electrons. The van der Waals surface area contributed by atoms with Crippen LogP contribution in [-0.2, 0) is 6.54 Å². The molecule has 5 heteroatoms. The van der Waals surface area contributed by atoms with Crippen molar-refractivity contribution in [3.8, 4) is 0 Å². The topological polar surface area (TPSA) is 34.9 Å². The molecule has 23 heavy (non-hydrogen) atoms.